The van der Waals surface area contributed by atoms with Crippen molar-refractivity contribution in [2.24, 2.45) is 0 Å². The number of nitrogens with zero attached hydrogens (tertiary/aromatic N) is 2. The molecule has 0 radical (unpaired) electrons. The molecule has 1 aliphatic carbocycles. The Morgan fingerprint density at radius 2 is 2.04 bits per heavy atom. The quantitative estimate of drug-likeness (QED) is 0.497. The van der Waals surface area contributed by atoms with E-state index in [9.17, 15) is 10.1 Å². The highest BCUT2D eigenvalue weighted by molar-refractivity contribution is 9.10. The van der Waals surface area contributed by atoms with Crippen molar-refractivity contribution in [3.8, 4) is 17.2 Å². The highest BCUT2D eigenvalue weighted by atomic mass is 79.9. The molecule has 1 aliphatic rings. The molecule has 134 valence electrons. The zero-order valence-corrected chi connectivity index (χ0v) is 17.0. The van der Waals surface area contributed by atoms with Gasteiger partial charge in [-0.05, 0) is 55.9 Å². The zero-order valence-electron chi connectivity index (χ0n) is 14.5. The molecule has 4 nitrogen and oxygen atoms in total. The average Bonchev–Trinajstić information content (AvgIpc) is 2.66. The van der Waals surface area contributed by atoms with Crippen molar-refractivity contribution in [1.82, 2.24) is 4.98 Å². The van der Waals surface area contributed by atoms with E-state index in [1.165, 1.54) is 17.3 Å². The molecule has 1 aromatic heterocycles. The Kier molecular flexibility index (Phi) is 6.33. The van der Waals surface area contributed by atoms with Gasteiger partial charge in [-0.15, -0.1) is 0 Å². The first-order valence-corrected chi connectivity index (χ1v) is 10.4. The minimum atomic E-state index is -0.286. The molecule has 1 aromatic carbocycles. The monoisotopic (exact) mass is 430 g/mol. The third-order valence-corrected chi connectivity index (χ3v) is 5.80. The number of halogens is 1. The van der Waals surface area contributed by atoms with Crippen LogP contribution in [0.1, 0.15) is 36.6 Å². The van der Waals surface area contributed by atoms with E-state index in [4.69, 9.17) is 9.72 Å². The van der Waals surface area contributed by atoms with Crippen molar-refractivity contribution in [2.45, 2.75) is 37.6 Å². The van der Waals surface area contributed by atoms with Crippen LogP contribution in [0.25, 0.3) is 11.1 Å². The molecule has 26 heavy (non-hydrogen) atoms. The third-order valence-electron chi connectivity index (χ3n) is 4.32. The van der Waals surface area contributed by atoms with Crippen LogP contribution in [0.5, 0.6) is 0 Å². The summed E-state index contributed by atoms with van der Waals surface area (Å²) in [5, 5.41) is 10.5. The number of nitriles is 1. The van der Waals surface area contributed by atoms with Gasteiger partial charge in [0.15, 0.2) is 0 Å². The molecule has 1 heterocycles. The average molecular weight is 431 g/mol. The highest BCUT2D eigenvalue weighted by Gasteiger charge is 2.23. The Labute approximate surface area is 166 Å². The van der Waals surface area contributed by atoms with Crippen LogP contribution in [0.3, 0.4) is 0 Å². The molecule has 0 spiro atoms. The van der Waals surface area contributed by atoms with Crippen LogP contribution in [0.4, 0.5) is 0 Å². The van der Waals surface area contributed by atoms with Crippen molar-refractivity contribution in [2.75, 3.05) is 12.4 Å². The minimum Gasteiger partial charge on any atom is -0.465 e. The Hall–Kier alpha value is -1.84. The fourth-order valence-electron chi connectivity index (χ4n) is 3.19. The number of hydrogen-bond acceptors (Lipinski definition) is 5. The predicted octanol–water partition coefficient (Wildman–Crippen LogP) is 4.92. The van der Waals surface area contributed by atoms with Crippen molar-refractivity contribution >= 4 is 33.7 Å². The van der Waals surface area contributed by atoms with Gasteiger partial charge in [0, 0.05) is 15.7 Å². The van der Waals surface area contributed by atoms with E-state index >= 15 is 0 Å². The van der Waals surface area contributed by atoms with E-state index in [1.54, 1.807) is 6.92 Å². The molecule has 0 N–H and O–H groups in total. The summed E-state index contributed by atoms with van der Waals surface area (Å²) in [5.74, 6) is -0.125. The van der Waals surface area contributed by atoms with Crippen LogP contribution in [0, 0.1) is 11.3 Å². The number of pyridine rings is 1. The molecule has 3 rings (SSSR count). The second-order valence-corrected chi connectivity index (χ2v) is 7.89. The van der Waals surface area contributed by atoms with E-state index in [0.29, 0.717) is 17.2 Å². The molecule has 0 aliphatic heterocycles. The molecular formula is C20H19BrN2O2S. The number of aromatic nitrogens is 1. The normalized spacial score (nSPS) is 13.0. The maximum atomic E-state index is 11.7. The fourth-order valence-corrected chi connectivity index (χ4v) is 4.26. The number of hydrogen-bond donors (Lipinski definition) is 0. The summed E-state index contributed by atoms with van der Waals surface area (Å²) in [6.45, 7) is 2.14. The molecule has 0 fully saturated rings. The van der Waals surface area contributed by atoms with E-state index in [2.05, 4.69) is 22.0 Å². The molecule has 0 bridgehead atoms. The second kappa shape index (κ2) is 8.70. The van der Waals surface area contributed by atoms with Crippen LogP contribution in [-0.2, 0) is 22.4 Å². The number of esters is 1. The van der Waals surface area contributed by atoms with Gasteiger partial charge in [0.1, 0.15) is 11.1 Å². The van der Waals surface area contributed by atoms with Gasteiger partial charge in [0.25, 0.3) is 0 Å². The van der Waals surface area contributed by atoms with Crippen LogP contribution in [0.15, 0.2) is 33.8 Å². The molecular weight excluding hydrogens is 412 g/mol. The zero-order chi connectivity index (χ0) is 18.5. The van der Waals surface area contributed by atoms with E-state index in [-0.39, 0.29) is 11.7 Å². The summed E-state index contributed by atoms with van der Waals surface area (Å²) in [6.07, 6.45) is 4.06. The summed E-state index contributed by atoms with van der Waals surface area (Å²) in [6, 6.07) is 10.3. The summed E-state index contributed by atoms with van der Waals surface area (Å²) in [4.78, 5) is 16.5. The summed E-state index contributed by atoms with van der Waals surface area (Å²) in [5.41, 5.74) is 4.77. The lowest BCUT2D eigenvalue weighted by Gasteiger charge is -2.22. The lowest BCUT2D eigenvalue weighted by molar-refractivity contribution is -0.139. The lowest BCUT2D eigenvalue weighted by atomic mass is 9.87. The molecule has 0 unspecified atom stereocenters. The maximum Gasteiger partial charge on any atom is 0.316 e. The van der Waals surface area contributed by atoms with Gasteiger partial charge in [0.2, 0.25) is 0 Å². The van der Waals surface area contributed by atoms with Crippen LogP contribution < -0.4 is 0 Å². The summed E-state index contributed by atoms with van der Waals surface area (Å²) < 4.78 is 6.00. The Morgan fingerprint density at radius 3 is 2.73 bits per heavy atom. The lowest BCUT2D eigenvalue weighted by Crippen LogP contribution is -2.12. The maximum absolute atomic E-state index is 11.7. The van der Waals surface area contributed by atoms with Crippen molar-refractivity contribution in [3.05, 3.63) is 45.6 Å². The van der Waals surface area contributed by atoms with Crippen molar-refractivity contribution in [3.63, 3.8) is 0 Å². The number of thioether (sulfide) groups is 1. The van der Waals surface area contributed by atoms with Gasteiger partial charge in [-0.1, -0.05) is 39.8 Å². The standard InChI is InChI=1S/C20H19BrN2O2S/c1-2-25-18(24)12-26-20-16(11-22)19(13-7-9-14(21)10-8-13)15-5-3-4-6-17(15)23-20/h7-10H,2-6,12H2,1H3. The second-order valence-electron chi connectivity index (χ2n) is 6.01. The topological polar surface area (TPSA) is 63.0 Å². The fraction of sp³-hybridized carbons (Fsp3) is 0.350. The SMILES string of the molecule is CCOC(=O)CSc1nc2c(c(-c3ccc(Br)cc3)c1C#N)CCCC2. The summed E-state index contributed by atoms with van der Waals surface area (Å²) in [7, 11) is 0. The number of ether oxygens (including phenoxy) is 1. The van der Waals surface area contributed by atoms with E-state index in [0.717, 1.165) is 47.0 Å². The van der Waals surface area contributed by atoms with Crippen molar-refractivity contribution in [1.29, 1.82) is 5.26 Å². The predicted molar refractivity (Wildman–Crippen MR) is 106 cm³/mol. The van der Waals surface area contributed by atoms with E-state index in [1.807, 2.05) is 24.3 Å². The molecule has 0 saturated heterocycles. The third kappa shape index (κ3) is 4.11. The van der Waals surface area contributed by atoms with Gasteiger partial charge in [-0.3, -0.25) is 4.79 Å². The molecule has 0 amide bonds. The molecule has 0 atom stereocenters. The number of carbonyl (C=O) groups excluding carboxylic acids is 1. The van der Waals surface area contributed by atoms with Gasteiger partial charge >= 0.3 is 5.97 Å². The van der Waals surface area contributed by atoms with Gasteiger partial charge in [-0.25, -0.2) is 4.98 Å². The van der Waals surface area contributed by atoms with Crippen LogP contribution in [0.2, 0.25) is 0 Å². The first-order chi connectivity index (χ1) is 12.6. The smallest absolute Gasteiger partial charge is 0.316 e. The Balaban J connectivity index is 2.08. The van der Waals surface area contributed by atoms with Gasteiger partial charge < -0.3 is 4.74 Å². The molecule has 2 aromatic rings. The largest absolute Gasteiger partial charge is 0.465 e. The van der Waals surface area contributed by atoms with Crippen LogP contribution in [-0.4, -0.2) is 23.3 Å². The van der Waals surface area contributed by atoms with Gasteiger partial charge in [0.05, 0.1) is 17.9 Å². The van der Waals surface area contributed by atoms with Crippen molar-refractivity contribution < 1.29 is 9.53 Å². The Bertz CT molecular complexity index is 860. The minimum absolute atomic E-state index is 0.161. The number of rotatable bonds is 5. The number of aryl methyl sites for hydroxylation is 1. The van der Waals surface area contributed by atoms with Crippen LogP contribution >= 0.6 is 27.7 Å². The highest BCUT2D eigenvalue weighted by Crippen LogP contribution is 2.38. The Morgan fingerprint density at radius 1 is 1.31 bits per heavy atom. The first kappa shape index (κ1) is 18.9. The van der Waals surface area contributed by atoms with E-state index < -0.39 is 0 Å². The number of benzene rings is 1. The summed E-state index contributed by atoms with van der Waals surface area (Å²) >= 11 is 4.75. The number of fused-ring (bicyclic) bond motifs is 1. The first-order valence-electron chi connectivity index (χ1n) is 8.64. The number of carbonyl (C=O) groups is 1. The molecule has 0 saturated carbocycles. The molecule has 6 heteroatoms. The van der Waals surface area contributed by atoms with Gasteiger partial charge in [-0.2, -0.15) is 5.26 Å².